The summed E-state index contributed by atoms with van der Waals surface area (Å²) in [6, 6.07) is 13.5. The molecule has 0 aliphatic carbocycles. The highest BCUT2D eigenvalue weighted by molar-refractivity contribution is 5.85. The lowest BCUT2D eigenvalue weighted by molar-refractivity contribution is 0.120. The number of anilines is 2. The molecule has 2 aromatic carbocycles. The summed E-state index contributed by atoms with van der Waals surface area (Å²) in [7, 11) is 0. The van der Waals surface area contributed by atoms with Crippen LogP contribution in [0, 0.1) is 13.8 Å². The van der Waals surface area contributed by atoms with E-state index in [4.69, 9.17) is 10.2 Å². The van der Waals surface area contributed by atoms with Crippen LogP contribution in [-0.4, -0.2) is 146 Å². The summed E-state index contributed by atoms with van der Waals surface area (Å²) in [5.41, 5.74) is 4.89. The summed E-state index contributed by atoms with van der Waals surface area (Å²) in [6.07, 6.45) is 2.18. The summed E-state index contributed by atoms with van der Waals surface area (Å²) < 4.78 is 3.50. The van der Waals surface area contributed by atoms with Crippen molar-refractivity contribution < 1.29 is 25.5 Å². The third-order valence-electron chi connectivity index (χ3n) is 11.7. The standard InChI is InChI=1S/C23H26N6O4.C22H30N6O5.C2H6/c1-14-12-18-19(13-17(14)25-9-5-15-4-2-3-8-24-15)29(10-6-16(31)7-11-30)21-20(26-18)22(32)28-23(33)27-21;1-14-12-16-18(13-17(14)27-7-5-26(6-8-27)9-11-30)28(4-2-15(31)3-10-29)20-19(23-16)21(32)25-22(33)24-20;1-2/h2-4,8,12-13,16,25,30-31H,5-7,9-11H2,1H3,(H,28,32,33);12-13,15,29-31H,2-11H2,1H3,(H,25,32,33);1-2H3/t;15-;/m.0./s1. The third kappa shape index (κ3) is 12.3. The minimum atomic E-state index is -0.751. The van der Waals surface area contributed by atoms with Crippen molar-refractivity contribution in [3.63, 3.8) is 0 Å². The number of aromatic amines is 2. The van der Waals surface area contributed by atoms with Gasteiger partial charge in [0.05, 0.1) is 40.9 Å². The topological polar surface area (TPSA) is 294 Å². The fourth-order valence-corrected chi connectivity index (χ4v) is 8.23. The van der Waals surface area contributed by atoms with E-state index >= 15 is 0 Å². The van der Waals surface area contributed by atoms with Gasteiger partial charge in [-0.2, -0.15) is 9.97 Å². The van der Waals surface area contributed by atoms with Gasteiger partial charge in [-0.15, -0.1) is 0 Å². The zero-order valence-corrected chi connectivity index (χ0v) is 39.0. The molecule has 8 N–H and O–H groups in total. The smallest absolute Gasteiger partial charge is 0.349 e. The summed E-state index contributed by atoms with van der Waals surface area (Å²) in [5, 5.41) is 51.1. The van der Waals surface area contributed by atoms with Crippen molar-refractivity contribution >= 4 is 33.4 Å². The van der Waals surface area contributed by atoms with Gasteiger partial charge >= 0.3 is 11.4 Å². The van der Waals surface area contributed by atoms with Gasteiger partial charge in [-0.05, 0) is 87.1 Å². The number of rotatable bonds is 17. The number of aryl methyl sites for hydroxylation is 4. The van der Waals surface area contributed by atoms with Crippen molar-refractivity contribution in [3.05, 3.63) is 107 Å². The van der Waals surface area contributed by atoms with Gasteiger partial charge in [0.2, 0.25) is 0 Å². The second kappa shape index (κ2) is 24.0. The fourth-order valence-electron chi connectivity index (χ4n) is 8.23. The van der Waals surface area contributed by atoms with E-state index in [1.807, 2.05) is 70.2 Å². The minimum Gasteiger partial charge on any atom is -0.396 e. The first-order valence-electron chi connectivity index (χ1n) is 23.1. The van der Waals surface area contributed by atoms with Crippen molar-refractivity contribution in [1.82, 2.24) is 48.9 Å². The van der Waals surface area contributed by atoms with Crippen LogP contribution in [0.4, 0.5) is 11.4 Å². The van der Waals surface area contributed by atoms with Crippen LogP contribution >= 0.6 is 0 Å². The number of pyridine rings is 1. The average molecular weight is 939 g/mol. The highest BCUT2D eigenvalue weighted by Crippen LogP contribution is 2.31. The normalized spacial score (nSPS) is 13.9. The second-order valence-corrected chi connectivity index (χ2v) is 16.4. The molecule has 0 amide bonds. The van der Waals surface area contributed by atoms with Crippen LogP contribution in [0.25, 0.3) is 45.1 Å². The number of hydrogen-bond donors (Lipinski definition) is 8. The molecule has 5 aliphatic heterocycles. The molecule has 0 bridgehead atoms. The Bertz CT molecular complexity index is 2930. The van der Waals surface area contributed by atoms with Gasteiger partial charge in [0.25, 0.3) is 11.1 Å². The molecule has 0 saturated carbocycles. The molecular weight excluding hydrogens is 877 g/mol. The summed E-state index contributed by atoms with van der Waals surface area (Å²) >= 11 is 0. The van der Waals surface area contributed by atoms with E-state index < -0.39 is 34.7 Å². The van der Waals surface area contributed by atoms with E-state index in [1.165, 1.54) is 0 Å². The van der Waals surface area contributed by atoms with Crippen LogP contribution in [0.2, 0.25) is 0 Å². The number of nitrogens with zero attached hydrogens (tertiary/aromatic N) is 9. The number of aliphatic hydroxyl groups excluding tert-OH is 5. The van der Waals surface area contributed by atoms with Gasteiger partial charge < -0.3 is 44.9 Å². The number of piperazine rings is 1. The summed E-state index contributed by atoms with van der Waals surface area (Å²) in [5.74, 6) is 0.339. The van der Waals surface area contributed by atoms with Crippen molar-refractivity contribution in [2.24, 2.45) is 0 Å². The quantitative estimate of drug-likeness (QED) is 0.0596. The van der Waals surface area contributed by atoms with Crippen LogP contribution in [0.5, 0.6) is 0 Å². The Hall–Kier alpha value is -6.49. The molecule has 3 aromatic rings. The Morgan fingerprint density at radius 3 is 1.72 bits per heavy atom. The average Bonchev–Trinajstić information content (AvgIpc) is 3.32. The highest BCUT2D eigenvalue weighted by Gasteiger charge is 2.24. The molecule has 5 aliphatic rings. The Balaban J connectivity index is 0.000000216. The van der Waals surface area contributed by atoms with E-state index in [-0.39, 0.29) is 55.7 Å². The highest BCUT2D eigenvalue weighted by atomic mass is 16.3. The van der Waals surface area contributed by atoms with E-state index in [2.05, 4.69) is 50.0 Å². The van der Waals surface area contributed by atoms with Crippen LogP contribution < -0.4 is 32.7 Å². The molecule has 1 saturated heterocycles. The number of H-pyrrole nitrogens is 2. The molecule has 1 fully saturated rings. The van der Waals surface area contributed by atoms with E-state index in [0.717, 1.165) is 66.3 Å². The van der Waals surface area contributed by atoms with Crippen molar-refractivity contribution in [1.29, 1.82) is 0 Å². The zero-order chi connectivity index (χ0) is 48.9. The third-order valence-corrected chi connectivity index (χ3v) is 11.7. The fraction of sp³-hybridized carbons (Fsp3) is 0.468. The first-order valence-corrected chi connectivity index (χ1v) is 23.1. The largest absolute Gasteiger partial charge is 0.396 e. The molecule has 21 heteroatoms. The molecule has 68 heavy (non-hydrogen) atoms. The Morgan fingerprint density at radius 2 is 1.21 bits per heavy atom. The number of aromatic nitrogens is 9. The maximum Gasteiger partial charge on any atom is 0.349 e. The predicted molar refractivity (Wildman–Crippen MR) is 260 cm³/mol. The lowest BCUT2D eigenvalue weighted by Crippen LogP contribution is -2.47. The number of nitrogens with one attached hydrogen (secondary N) is 3. The van der Waals surface area contributed by atoms with Crippen LogP contribution in [0.3, 0.4) is 0 Å². The molecule has 21 nitrogen and oxygen atoms in total. The van der Waals surface area contributed by atoms with E-state index in [1.54, 1.807) is 15.3 Å². The number of hydrogen-bond acceptors (Lipinski definition) is 17. The lowest BCUT2D eigenvalue weighted by Gasteiger charge is -2.36. The molecule has 0 radical (unpaired) electrons. The van der Waals surface area contributed by atoms with Crippen LogP contribution in [-0.2, 0) is 19.5 Å². The SMILES string of the molecule is CC.Cc1cc2nc3c(=O)[nH]c(=O)nc-3n(CCC(O)CCO)c2cc1NCCc1ccccn1.Cc1cc2nc3c(=O)[nH]c(=O)nc-3n(CC[C@H](O)CCO)c2cc1N1CCN(CCO)CC1. The first-order chi connectivity index (χ1) is 32.9. The van der Waals surface area contributed by atoms with Crippen LogP contribution in [0.15, 0.2) is 67.8 Å². The van der Waals surface area contributed by atoms with Gasteiger partial charge in [0.1, 0.15) is 0 Å². The lowest BCUT2D eigenvalue weighted by atomic mass is 10.1. The van der Waals surface area contributed by atoms with Gasteiger partial charge in [-0.1, -0.05) is 19.9 Å². The summed E-state index contributed by atoms with van der Waals surface area (Å²) in [6.45, 7) is 13.1. The monoisotopic (exact) mass is 938 g/mol. The molecule has 364 valence electrons. The van der Waals surface area contributed by atoms with Crippen molar-refractivity contribution in [2.45, 2.75) is 85.1 Å². The van der Waals surface area contributed by atoms with Crippen molar-refractivity contribution in [3.8, 4) is 23.0 Å². The Kier molecular flexibility index (Phi) is 18.0. The minimum absolute atomic E-state index is 0.0639. The molecule has 1 aromatic heterocycles. The number of β-amino-alcohol motifs (C(OH)–C–C–N with tert-alkyl or cyclic N) is 1. The first kappa shape index (κ1) is 50.9. The van der Waals surface area contributed by atoms with E-state index in [0.29, 0.717) is 55.6 Å². The second-order valence-electron chi connectivity index (χ2n) is 16.4. The molecule has 0 spiro atoms. The van der Waals surface area contributed by atoms with Gasteiger partial charge in [0.15, 0.2) is 23.0 Å². The Morgan fingerprint density at radius 1 is 0.662 bits per heavy atom. The van der Waals surface area contributed by atoms with Gasteiger partial charge in [-0.25, -0.2) is 19.6 Å². The maximum absolute atomic E-state index is 12.4. The Labute approximate surface area is 391 Å². The van der Waals surface area contributed by atoms with Crippen LogP contribution in [0.1, 0.15) is 56.4 Å². The van der Waals surface area contributed by atoms with Crippen molar-refractivity contribution in [2.75, 3.05) is 69.3 Å². The maximum atomic E-state index is 12.4. The molecule has 2 atom stereocenters. The van der Waals surface area contributed by atoms with Gasteiger partial charge in [0, 0.05) is 95.3 Å². The predicted octanol–water partition coefficient (Wildman–Crippen LogP) is 1.24. The molecule has 6 heterocycles. The zero-order valence-electron chi connectivity index (χ0n) is 39.0. The number of fused-ring (bicyclic) bond motifs is 4. The summed E-state index contributed by atoms with van der Waals surface area (Å²) in [4.78, 5) is 78.9. The molecule has 1 unspecified atom stereocenters. The molecular formula is C47H62N12O9. The van der Waals surface area contributed by atoms with Gasteiger partial charge in [-0.3, -0.25) is 29.4 Å². The molecule has 8 rings (SSSR count). The van der Waals surface area contributed by atoms with E-state index in [9.17, 15) is 34.5 Å². The number of aliphatic hydroxyl groups is 5. The number of benzene rings is 2.